The van der Waals surface area contributed by atoms with Crippen molar-refractivity contribution in [1.82, 2.24) is 5.32 Å². The van der Waals surface area contributed by atoms with E-state index in [2.05, 4.69) is 5.32 Å². The van der Waals surface area contributed by atoms with Gasteiger partial charge in [-0.05, 0) is 60.7 Å². The normalized spacial score (nSPS) is 14.9. The van der Waals surface area contributed by atoms with Crippen LogP contribution < -0.4 is 15.8 Å². The third-order valence-electron chi connectivity index (χ3n) is 5.02. The number of carbonyl (C=O) groups excluding carboxylic acids is 1. The van der Waals surface area contributed by atoms with Crippen molar-refractivity contribution in [1.29, 1.82) is 0 Å². The standard InChI is InChI=1S/C22H28N2O2/c23-22(25)20-10-4-8-18(14-20)19-9-5-11-21(15-19)26-13-12-24-16-17-6-2-1-3-7-17/h4-5,8-11,14-15,17,24H,1-3,6-7,12-13,16H2,(H2,23,25). The Balaban J connectivity index is 1.49. The lowest BCUT2D eigenvalue weighted by Gasteiger charge is -2.21. The molecule has 1 saturated carbocycles. The van der Waals surface area contributed by atoms with E-state index in [9.17, 15) is 4.79 Å². The van der Waals surface area contributed by atoms with Crippen molar-refractivity contribution in [3.63, 3.8) is 0 Å². The fraction of sp³-hybridized carbons (Fsp3) is 0.409. The highest BCUT2D eigenvalue weighted by molar-refractivity contribution is 5.94. The summed E-state index contributed by atoms with van der Waals surface area (Å²) in [7, 11) is 0. The molecule has 0 radical (unpaired) electrons. The molecule has 0 aromatic heterocycles. The number of hydrogen-bond donors (Lipinski definition) is 2. The van der Waals surface area contributed by atoms with E-state index < -0.39 is 5.91 Å². The number of primary amides is 1. The summed E-state index contributed by atoms with van der Waals surface area (Å²) in [5.41, 5.74) is 7.86. The highest BCUT2D eigenvalue weighted by Gasteiger charge is 2.12. The van der Waals surface area contributed by atoms with Crippen LogP contribution in [0, 0.1) is 5.92 Å². The fourth-order valence-corrected chi connectivity index (χ4v) is 3.56. The maximum Gasteiger partial charge on any atom is 0.248 e. The van der Waals surface area contributed by atoms with Crippen molar-refractivity contribution < 1.29 is 9.53 Å². The van der Waals surface area contributed by atoms with Gasteiger partial charge in [-0.2, -0.15) is 0 Å². The second-order valence-corrected chi connectivity index (χ2v) is 7.03. The van der Waals surface area contributed by atoms with Crippen molar-refractivity contribution in [3.8, 4) is 16.9 Å². The Morgan fingerprint density at radius 2 is 1.77 bits per heavy atom. The van der Waals surface area contributed by atoms with E-state index in [1.807, 2.05) is 42.5 Å². The van der Waals surface area contributed by atoms with Gasteiger partial charge in [0.2, 0.25) is 5.91 Å². The number of nitrogens with one attached hydrogen (secondary N) is 1. The zero-order valence-corrected chi connectivity index (χ0v) is 15.2. The highest BCUT2D eigenvalue weighted by Crippen LogP contribution is 2.25. The van der Waals surface area contributed by atoms with Gasteiger partial charge >= 0.3 is 0 Å². The molecule has 4 nitrogen and oxygen atoms in total. The third-order valence-corrected chi connectivity index (χ3v) is 5.02. The van der Waals surface area contributed by atoms with Crippen LogP contribution in [0.15, 0.2) is 48.5 Å². The molecule has 2 aromatic rings. The minimum Gasteiger partial charge on any atom is -0.492 e. The molecule has 0 bridgehead atoms. The van der Waals surface area contributed by atoms with Crippen LogP contribution in [0.25, 0.3) is 11.1 Å². The molecule has 0 unspecified atom stereocenters. The van der Waals surface area contributed by atoms with Crippen molar-refractivity contribution in [2.24, 2.45) is 11.7 Å². The summed E-state index contributed by atoms with van der Waals surface area (Å²) in [4.78, 5) is 11.4. The molecule has 4 heteroatoms. The van der Waals surface area contributed by atoms with Crippen LogP contribution in [-0.4, -0.2) is 25.6 Å². The Hall–Kier alpha value is -2.33. The average Bonchev–Trinajstić information content (AvgIpc) is 2.69. The summed E-state index contributed by atoms with van der Waals surface area (Å²) >= 11 is 0. The zero-order chi connectivity index (χ0) is 18.2. The quantitative estimate of drug-likeness (QED) is 0.706. The van der Waals surface area contributed by atoms with Crippen molar-refractivity contribution in [2.75, 3.05) is 19.7 Å². The molecule has 1 fully saturated rings. The maximum atomic E-state index is 11.4. The highest BCUT2D eigenvalue weighted by atomic mass is 16.5. The Bertz CT molecular complexity index is 724. The minimum atomic E-state index is -0.414. The molecule has 0 aliphatic heterocycles. The van der Waals surface area contributed by atoms with E-state index in [1.165, 1.54) is 32.1 Å². The molecule has 0 heterocycles. The van der Waals surface area contributed by atoms with Crippen LogP contribution in [0.4, 0.5) is 0 Å². The Labute approximate surface area is 155 Å². The average molecular weight is 352 g/mol. The second-order valence-electron chi connectivity index (χ2n) is 7.03. The van der Waals surface area contributed by atoms with E-state index in [0.29, 0.717) is 12.2 Å². The summed E-state index contributed by atoms with van der Waals surface area (Å²) in [6, 6.07) is 15.3. The molecule has 1 amide bonds. The lowest BCUT2D eigenvalue weighted by Crippen LogP contribution is -2.28. The van der Waals surface area contributed by atoms with E-state index in [4.69, 9.17) is 10.5 Å². The van der Waals surface area contributed by atoms with Crippen LogP contribution in [0.1, 0.15) is 42.5 Å². The molecule has 138 valence electrons. The van der Waals surface area contributed by atoms with Gasteiger partial charge in [0.05, 0.1) is 0 Å². The van der Waals surface area contributed by atoms with E-state index >= 15 is 0 Å². The molecule has 26 heavy (non-hydrogen) atoms. The number of amides is 1. The summed E-state index contributed by atoms with van der Waals surface area (Å²) in [6.07, 6.45) is 6.89. The number of benzene rings is 2. The Morgan fingerprint density at radius 1 is 1.04 bits per heavy atom. The second kappa shape index (κ2) is 9.39. The first-order valence-electron chi connectivity index (χ1n) is 9.56. The monoisotopic (exact) mass is 352 g/mol. The van der Waals surface area contributed by atoms with Gasteiger partial charge in [-0.1, -0.05) is 43.5 Å². The molecular formula is C22H28N2O2. The summed E-state index contributed by atoms with van der Waals surface area (Å²) < 4.78 is 5.88. The number of ether oxygens (including phenoxy) is 1. The van der Waals surface area contributed by atoms with Crippen LogP contribution in [0.2, 0.25) is 0 Å². The first-order valence-corrected chi connectivity index (χ1v) is 9.56. The smallest absolute Gasteiger partial charge is 0.248 e. The van der Waals surface area contributed by atoms with Gasteiger partial charge in [0.25, 0.3) is 0 Å². The van der Waals surface area contributed by atoms with Crippen LogP contribution >= 0.6 is 0 Å². The Kier molecular flexibility index (Phi) is 6.67. The van der Waals surface area contributed by atoms with E-state index in [1.54, 1.807) is 6.07 Å². The van der Waals surface area contributed by atoms with Gasteiger partial charge in [-0.25, -0.2) is 0 Å². The number of carbonyl (C=O) groups is 1. The minimum absolute atomic E-state index is 0.414. The first-order chi connectivity index (χ1) is 12.7. The predicted octanol–water partition coefficient (Wildman–Crippen LogP) is 4.00. The van der Waals surface area contributed by atoms with Crippen molar-refractivity contribution in [2.45, 2.75) is 32.1 Å². The molecule has 1 aliphatic carbocycles. The number of rotatable bonds is 8. The van der Waals surface area contributed by atoms with Gasteiger partial charge in [-0.3, -0.25) is 4.79 Å². The SMILES string of the molecule is NC(=O)c1cccc(-c2cccc(OCCNCC3CCCCC3)c2)c1. The number of nitrogens with two attached hydrogens (primary N) is 1. The van der Waals surface area contributed by atoms with Crippen LogP contribution in [0.5, 0.6) is 5.75 Å². The third kappa shape index (κ3) is 5.33. The molecular weight excluding hydrogens is 324 g/mol. The summed E-state index contributed by atoms with van der Waals surface area (Å²) in [5, 5.41) is 3.52. The van der Waals surface area contributed by atoms with Gasteiger partial charge in [0.15, 0.2) is 0 Å². The lowest BCUT2D eigenvalue weighted by molar-refractivity contribution is 0.100. The molecule has 2 aromatic carbocycles. The van der Waals surface area contributed by atoms with Gasteiger partial charge < -0.3 is 15.8 Å². The van der Waals surface area contributed by atoms with E-state index in [-0.39, 0.29) is 0 Å². The van der Waals surface area contributed by atoms with Crippen molar-refractivity contribution in [3.05, 3.63) is 54.1 Å². The molecule has 1 aliphatic rings. The summed E-state index contributed by atoms with van der Waals surface area (Å²) in [6.45, 7) is 2.61. The molecule has 3 rings (SSSR count). The lowest BCUT2D eigenvalue weighted by atomic mass is 9.89. The summed E-state index contributed by atoms with van der Waals surface area (Å²) in [5.74, 6) is 1.26. The van der Waals surface area contributed by atoms with E-state index in [0.717, 1.165) is 35.9 Å². The fourth-order valence-electron chi connectivity index (χ4n) is 3.56. The van der Waals surface area contributed by atoms with Crippen LogP contribution in [-0.2, 0) is 0 Å². The van der Waals surface area contributed by atoms with Crippen LogP contribution in [0.3, 0.4) is 0 Å². The zero-order valence-electron chi connectivity index (χ0n) is 15.2. The molecule has 0 saturated heterocycles. The Morgan fingerprint density at radius 3 is 2.54 bits per heavy atom. The first kappa shape index (κ1) is 18.5. The van der Waals surface area contributed by atoms with Gasteiger partial charge in [-0.15, -0.1) is 0 Å². The predicted molar refractivity (Wildman–Crippen MR) is 105 cm³/mol. The molecule has 3 N–H and O–H groups in total. The topological polar surface area (TPSA) is 64.4 Å². The van der Waals surface area contributed by atoms with Crippen molar-refractivity contribution >= 4 is 5.91 Å². The van der Waals surface area contributed by atoms with Gasteiger partial charge in [0.1, 0.15) is 12.4 Å². The molecule has 0 atom stereocenters. The molecule has 0 spiro atoms. The maximum absolute atomic E-state index is 11.4. The number of hydrogen-bond acceptors (Lipinski definition) is 3. The largest absolute Gasteiger partial charge is 0.492 e. The van der Waals surface area contributed by atoms with Gasteiger partial charge in [0, 0.05) is 12.1 Å².